The van der Waals surface area contributed by atoms with Crippen LogP contribution in [-0.2, 0) is 16.1 Å². The van der Waals surface area contributed by atoms with Crippen molar-refractivity contribution in [3.8, 4) is 0 Å². The Morgan fingerprint density at radius 3 is 2.70 bits per heavy atom. The lowest BCUT2D eigenvalue weighted by molar-refractivity contribution is -0.119. The van der Waals surface area contributed by atoms with Crippen molar-refractivity contribution in [2.45, 2.75) is 20.4 Å². The van der Waals surface area contributed by atoms with Crippen molar-refractivity contribution < 1.29 is 14.3 Å². The molecule has 0 saturated carbocycles. The van der Waals surface area contributed by atoms with E-state index in [-0.39, 0.29) is 10.8 Å². The summed E-state index contributed by atoms with van der Waals surface area (Å²) in [6.45, 7) is 3.94. The molecule has 1 aromatic carbocycles. The molecular weight excluding hydrogens is 389 g/mol. The third-order valence-corrected chi connectivity index (χ3v) is 4.72. The van der Waals surface area contributed by atoms with Gasteiger partial charge in [-0.2, -0.15) is 0 Å². The molecule has 6 nitrogen and oxygen atoms in total. The molecule has 0 unspecified atom stereocenters. The third kappa shape index (κ3) is 4.07. The number of ether oxygens (including phenoxy) is 1. The van der Waals surface area contributed by atoms with Crippen molar-refractivity contribution in [1.29, 1.82) is 0 Å². The second-order valence-corrected chi connectivity index (χ2v) is 6.67. The second-order valence-electron chi connectivity index (χ2n) is 5.86. The Labute approximate surface area is 166 Å². The van der Waals surface area contributed by atoms with Crippen LogP contribution in [0.25, 0.3) is 10.9 Å². The van der Waals surface area contributed by atoms with Gasteiger partial charge in [-0.3, -0.25) is 4.79 Å². The molecule has 0 radical (unpaired) electrons. The number of aromatic nitrogens is 2. The zero-order chi connectivity index (χ0) is 19.6. The van der Waals surface area contributed by atoms with Gasteiger partial charge in [0.05, 0.1) is 21.3 Å². The smallest absolute Gasteiger partial charge is 0.340 e. The first kappa shape index (κ1) is 19.2. The van der Waals surface area contributed by atoms with Gasteiger partial charge in [-0.1, -0.05) is 41.4 Å². The lowest BCUT2D eigenvalue weighted by atomic mass is 10.2. The maximum atomic E-state index is 12.4. The summed E-state index contributed by atoms with van der Waals surface area (Å²) in [6.07, 6.45) is 1.73. The van der Waals surface area contributed by atoms with Crippen LogP contribution in [0.3, 0.4) is 0 Å². The van der Waals surface area contributed by atoms with E-state index in [4.69, 9.17) is 27.9 Å². The molecular formula is C19H17Cl2N3O3. The number of carbonyl (C=O) groups is 2. The zero-order valence-corrected chi connectivity index (χ0v) is 16.3. The molecule has 2 aromatic heterocycles. The average Bonchev–Trinajstić information content (AvgIpc) is 3.03. The molecule has 0 atom stereocenters. The first-order chi connectivity index (χ1) is 12.9. The first-order valence-electron chi connectivity index (χ1n) is 8.28. The summed E-state index contributed by atoms with van der Waals surface area (Å²) in [5, 5.41) is 3.90. The van der Waals surface area contributed by atoms with Crippen molar-refractivity contribution in [3.05, 3.63) is 57.8 Å². The van der Waals surface area contributed by atoms with Crippen LogP contribution in [0.15, 0.2) is 36.5 Å². The van der Waals surface area contributed by atoms with Crippen molar-refractivity contribution >= 4 is 51.8 Å². The number of rotatable bonds is 5. The number of halogens is 2. The van der Waals surface area contributed by atoms with Crippen molar-refractivity contribution in [2.75, 3.05) is 11.9 Å². The fraction of sp³-hybridized carbons (Fsp3) is 0.211. The van der Waals surface area contributed by atoms with Gasteiger partial charge >= 0.3 is 5.97 Å². The van der Waals surface area contributed by atoms with E-state index in [9.17, 15) is 9.59 Å². The molecule has 0 aliphatic rings. The lowest BCUT2D eigenvalue weighted by Crippen LogP contribution is -2.21. The number of aryl methyl sites for hydroxylation is 2. The predicted molar refractivity (Wildman–Crippen MR) is 106 cm³/mol. The summed E-state index contributed by atoms with van der Waals surface area (Å²) >= 11 is 11.9. The number of hydrogen-bond acceptors (Lipinski definition) is 4. The molecule has 1 amide bonds. The van der Waals surface area contributed by atoms with Crippen molar-refractivity contribution in [3.63, 3.8) is 0 Å². The van der Waals surface area contributed by atoms with Gasteiger partial charge in [0.25, 0.3) is 5.91 Å². The zero-order valence-electron chi connectivity index (χ0n) is 14.8. The van der Waals surface area contributed by atoms with E-state index in [0.29, 0.717) is 22.8 Å². The minimum atomic E-state index is -0.570. The van der Waals surface area contributed by atoms with E-state index in [1.165, 1.54) is 6.07 Å². The summed E-state index contributed by atoms with van der Waals surface area (Å²) < 4.78 is 7.11. The van der Waals surface area contributed by atoms with Gasteiger partial charge in [0.15, 0.2) is 12.4 Å². The molecule has 3 rings (SSSR count). The van der Waals surface area contributed by atoms with Crippen LogP contribution < -0.4 is 5.32 Å². The van der Waals surface area contributed by atoms with E-state index in [1.54, 1.807) is 13.1 Å². The highest BCUT2D eigenvalue weighted by atomic mass is 35.5. The second kappa shape index (κ2) is 7.98. The fourth-order valence-electron chi connectivity index (χ4n) is 2.69. The summed E-state index contributed by atoms with van der Waals surface area (Å²) in [5.74, 6) is -0.944. The number of fused-ring (bicyclic) bond motifs is 1. The summed E-state index contributed by atoms with van der Waals surface area (Å²) in [7, 11) is 0. The van der Waals surface area contributed by atoms with Crippen LogP contribution in [0, 0.1) is 6.92 Å². The van der Waals surface area contributed by atoms with Crippen LogP contribution in [0.1, 0.15) is 23.0 Å². The minimum Gasteiger partial charge on any atom is -0.452 e. The summed E-state index contributed by atoms with van der Waals surface area (Å²) in [5.41, 5.74) is 1.88. The molecule has 0 bridgehead atoms. The highest BCUT2D eigenvalue weighted by Crippen LogP contribution is 2.25. The van der Waals surface area contributed by atoms with E-state index in [2.05, 4.69) is 10.3 Å². The van der Waals surface area contributed by atoms with E-state index >= 15 is 0 Å². The number of hydrogen-bond donors (Lipinski definition) is 1. The molecule has 8 heteroatoms. The number of nitrogens with one attached hydrogen (secondary N) is 1. The molecule has 0 saturated heterocycles. The Hall–Kier alpha value is -2.57. The van der Waals surface area contributed by atoms with Gasteiger partial charge in [0.2, 0.25) is 0 Å². The van der Waals surface area contributed by atoms with Crippen LogP contribution >= 0.6 is 23.2 Å². The van der Waals surface area contributed by atoms with Gasteiger partial charge in [-0.25, -0.2) is 9.78 Å². The Balaban J connectivity index is 1.69. The molecule has 2 heterocycles. The van der Waals surface area contributed by atoms with E-state index < -0.39 is 18.5 Å². The normalized spacial score (nSPS) is 10.8. The Morgan fingerprint density at radius 1 is 1.22 bits per heavy atom. The molecule has 140 valence electrons. The SMILES string of the molecule is CCn1cc(C(=O)OCC(=O)Nc2nc(C)c(Cl)cc2Cl)c2ccccc21. The maximum Gasteiger partial charge on any atom is 0.340 e. The monoisotopic (exact) mass is 405 g/mol. The Kier molecular flexibility index (Phi) is 5.68. The predicted octanol–water partition coefficient (Wildman–Crippen LogP) is 4.47. The number of para-hydroxylation sites is 1. The van der Waals surface area contributed by atoms with Gasteiger partial charge in [-0.15, -0.1) is 0 Å². The van der Waals surface area contributed by atoms with Crippen LogP contribution in [0.4, 0.5) is 5.82 Å². The lowest BCUT2D eigenvalue weighted by Gasteiger charge is -2.08. The number of nitrogens with zero attached hydrogens (tertiary/aromatic N) is 2. The number of amides is 1. The maximum absolute atomic E-state index is 12.4. The van der Waals surface area contributed by atoms with Crippen molar-refractivity contribution in [1.82, 2.24) is 9.55 Å². The number of pyridine rings is 1. The molecule has 3 aromatic rings. The molecule has 27 heavy (non-hydrogen) atoms. The van der Waals surface area contributed by atoms with Gasteiger partial charge < -0.3 is 14.6 Å². The quantitative estimate of drug-likeness (QED) is 0.635. The van der Waals surface area contributed by atoms with Crippen molar-refractivity contribution in [2.24, 2.45) is 0 Å². The Morgan fingerprint density at radius 2 is 1.96 bits per heavy atom. The van der Waals surface area contributed by atoms with E-state index in [1.807, 2.05) is 35.8 Å². The molecule has 0 aliphatic heterocycles. The van der Waals surface area contributed by atoms with Crippen LogP contribution in [0.2, 0.25) is 10.0 Å². The summed E-state index contributed by atoms with van der Waals surface area (Å²) in [6, 6.07) is 9.02. The molecule has 0 fully saturated rings. The van der Waals surface area contributed by atoms with Gasteiger partial charge in [0.1, 0.15) is 0 Å². The first-order valence-corrected chi connectivity index (χ1v) is 9.03. The topological polar surface area (TPSA) is 73.2 Å². The van der Waals surface area contributed by atoms with E-state index in [0.717, 1.165) is 10.9 Å². The minimum absolute atomic E-state index is 0.169. The number of carbonyl (C=O) groups excluding carboxylic acids is 2. The number of anilines is 1. The highest BCUT2D eigenvalue weighted by molar-refractivity contribution is 6.36. The highest BCUT2D eigenvalue weighted by Gasteiger charge is 2.17. The fourth-order valence-corrected chi connectivity index (χ4v) is 3.10. The molecule has 0 spiro atoms. The average molecular weight is 406 g/mol. The summed E-state index contributed by atoms with van der Waals surface area (Å²) in [4.78, 5) is 28.6. The van der Waals surface area contributed by atoms with Gasteiger partial charge in [0, 0.05) is 23.6 Å². The Bertz CT molecular complexity index is 1030. The third-order valence-electron chi connectivity index (χ3n) is 4.05. The largest absolute Gasteiger partial charge is 0.452 e. The standard InChI is InChI=1S/C19H17Cl2N3O3/c1-3-24-9-13(12-6-4-5-7-16(12)24)19(26)27-10-17(25)23-18-15(21)8-14(20)11(2)22-18/h4-9H,3,10H2,1-2H3,(H,22,23,25). The number of benzene rings is 1. The number of esters is 1. The van der Waals surface area contributed by atoms with Gasteiger partial charge in [-0.05, 0) is 26.0 Å². The molecule has 1 N–H and O–H groups in total. The molecule has 0 aliphatic carbocycles. The van der Waals surface area contributed by atoms with Crippen LogP contribution in [-0.4, -0.2) is 28.0 Å². The van der Waals surface area contributed by atoms with Crippen LogP contribution in [0.5, 0.6) is 0 Å².